The van der Waals surface area contributed by atoms with Crippen molar-refractivity contribution in [2.75, 3.05) is 6.54 Å². The summed E-state index contributed by atoms with van der Waals surface area (Å²) in [4.78, 5) is 39.9. The van der Waals surface area contributed by atoms with Crippen LogP contribution in [0.25, 0.3) is 0 Å². The molecule has 8 heteroatoms. The van der Waals surface area contributed by atoms with Crippen molar-refractivity contribution >= 4 is 17.7 Å². The van der Waals surface area contributed by atoms with Gasteiger partial charge in [0.2, 0.25) is 17.6 Å². The summed E-state index contributed by atoms with van der Waals surface area (Å²) < 4.78 is 0. The van der Waals surface area contributed by atoms with Crippen LogP contribution in [0.1, 0.15) is 30.3 Å². The molecule has 18 heavy (non-hydrogen) atoms. The zero-order chi connectivity index (χ0) is 13.3. The predicted molar refractivity (Wildman–Crippen MR) is 59.4 cm³/mol. The van der Waals surface area contributed by atoms with Crippen LogP contribution in [0.15, 0.2) is 0 Å². The first kappa shape index (κ1) is 12.2. The van der Waals surface area contributed by atoms with Crippen LogP contribution in [0.5, 0.6) is 0 Å². The lowest BCUT2D eigenvalue weighted by atomic mass is 10.2. The number of carbonyl (C=O) groups excluding carboxylic acids is 3. The van der Waals surface area contributed by atoms with E-state index in [1.165, 1.54) is 0 Å². The largest absolute Gasteiger partial charge is 0.315 e. The van der Waals surface area contributed by atoms with Gasteiger partial charge in [0.05, 0.1) is 0 Å². The van der Waals surface area contributed by atoms with E-state index in [-0.39, 0.29) is 12.4 Å². The fraction of sp³-hybridized carbons (Fsp3) is 0.500. The van der Waals surface area contributed by atoms with Gasteiger partial charge in [-0.15, -0.1) is 5.10 Å². The third-order valence-corrected chi connectivity index (χ3v) is 2.74. The maximum atomic E-state index is 12.1. The van der Waals surface area contributed by atoms with E-state index in [0.29, 0.717) is 12.2 Å². The van der Waals surface area contributed by atoms with E-state index in [4.69, 9.17) is 0 Å². The molecule has 1 aromatic rings. The molecule has 1 aliphatic heterocycles. The number of aromatic amines is 1. The van der Waals surface area contributed by atoms with E-state index in [1.807, 2.05) is 6.92 Å². The highest BCUT2D eigenvalue weighted by atomic mass is 16.2. The van der Waals surface area contributed by atoms with Crippen LogP contribution in [0, 0.1) is 0 Å². The smallest absolute Gasteiger partial charge is 0.294 e. The first-order chi connectivity index (χ1) is 8.52. The lowest BCUT2D eigenvalue weighted by Gasteiger charge is -2.30. The highest BCUT2D eigenvalue weighted by molar-refractivity contribution is 6.06. The minimum atomic E-state index is -0.709. The van der Waals surface area contributed by atoms with Crippen molar-refractivity contribution in [3.05, 3.63) is 11.6 Å². The number of amides is 3. The first-order valence-electron chi connectivity index (χ1n) is 5.59. The molecule has 0 aromatic carbocycles. The van der Waals surface area contributed by atoms with Gasteiger partial charge in [-0.25, -0.2) is 4.98 Å². The summed E-state index contributed by atoms with van der Waals surface area (Å²) in [7, 11) is 0. The fourth-order valence-electron chi connectivity index (χ4n) is 1.64. The topological polar surface area (TPSA) is 108 Å². The Kier molecular flexibility index (Phi) is 3.09. The molecule has 8 nitrogen and oxygen atoms in total. The van der Waals surface area contributed by atoms with Crippen LogP contribution in [-0.4, -0.2) is 50.4 Å². The molecule has 2 rings (SSSR count). The highest BCUT2D eigenvalue weighted by Crippen LogP contribution is 2.09. The molecule has 96 valence electrons. The molecule has 3 amide bonds. The van der Waals surface area contributed by atoms with Crippen LogP contribution >= 0.6 is 0 Å². The number of nitrogens with one attached hydrogen (secondary N) is 2. The van der Waals surface area contributed by atoms with Gasteiger partial charge >= 0.3 is 0 Å². The van der Waals surface area contributed by atoms with E-state index < -0.39 is 23.8 Å². The van der Waals surface area contributed by atoms with Crippen LogP contribution in [0.3, 0.4) is 0 Å². The zero-order valence-electron chi connectivity index (χ0n) is 10.1. The van der Waals surface area contributed by atoms with Crippen LogP contribution < -0.4 is 5.32 Å². The average Bonchev–Trinajstić information content (AvgIpc) is 2.81. The number of nitrogens with zero attached hydrogens (tertiary/aromatic N) is 3. The summed E-state index contributed by atoms with van der Waals surface area (Å²) in [5.74, 6) is -0.967. The fourth-order valence-corrected chi connectivity index (χ4v) is 1.64. The number of piperazine rings is 1. The summed E-state index contributed by atoms with van der Waals surface area (Å²) in [6.07, 6.45) is 0.620. The van der Waals surface area contributed by atoms with Crippen molar-refractivity contribution in [1.82, 2.24) is 25.4 Å². The zero-order valence-corrected chi connectivity index (χ0v) is 10.1. The molecule has 1 unspecified atom stereocenters. The van der Waals surface area contributed by atoms with Crippen LogP contribution in [0.2, 0.25) is 0 Å². The molecule has 0 saturated carbocycles. The Hall–Kier alpha value is -2.25. The van der Waals surface area contributed by atoms with Crippen LogP contribution in [-0.2, 0) is 16.0 Å². The van der Waals surface area contributed by atoms with Crippen molar-refractivity contribution in [1.29, 1.82) is 0 Å². The quantitative estimate of drug-likeness (QED) is 0.645. The van der Waals surface area contributed by atoms with E-state index in [0.717, 1.165) is 4.90 Å². The summed E-state index contributed by atoms with van der Waals surface area (Å²) in [5.41, 5.74) is 0. The van der Waals surface area contributed by atoms with Gasteiger partial charge < -0.3 is 4.90 Å². The molecule has 1 aliphatic rings. The van der Waals surface area contributed by atoms with E-state index in [9.17, 15) is 14.4 Å². The third kappa shape index (κ3) is 2.08. The van der Waals surface area contributed by atoms with Gasteiger partial charge in [-0.3, -0.25) is 24.8 Å². The summed E-state index contributed by atoms with van der Waals surface area (Å²) in [5, 5.41) is 8.56. The Labute approximate surface area is 103 Å². The highest BCUT2D eigenvalue weighted by Gasteiger charge is 2.35. The van der Waals surface area contributed by atoms with E-state index in [2.05, 4.69) is 20.5 Å². The van der Waals surface area contributed by atoms with Gasteiger partial charge in [0.25, 0.3) is 5.91 Å². The van der Waals surface area contributed by atoms with Gasteiger partial charge in [0.1, 0.15) is 18.4 Å². The van der Waals surface area contributed by atoms with Crippen molar-refractivity contribution < 1.29 is 14.4 Å². The number of hydrogen-bond acceptors (Lipinski definition) is 5. The monoisotopic (exact) mass is 251 g/mol. The molecule has 2 N–H and O–H groups in total. The Morgan fingerprint density at radius 1 is 1.50 bits per heavy atom. The summed E-state index contributed by atoms with van der Waals surface area (Å²) >= 11 is 0. The minimum Gasteiger partial charge on any atom is -0.315 e. The molecule has 1 atom stereocenters. The van der Waals surface area contributed by atoms with Gasteiger partial charge in [-0.2, -0.15) is 0 Å². The standard InChI is InChI=1S/C10H13N5O3/c1-3-6-11-8(14-13-6)10(18)15-4-7(16)12-9(17)5(15)2/h5H,3-4H2,1-2H3,(H,11,13,14)(H,12,16,17). The third-order valence-electron chi connectivity index (χ3n) is 2.74. The normalized spacial score (nSPS) is 19.9. The first-order valence-corrected chi connectivity index (χ1v) is 5.59. The summed E-state index contributed by atoms with van der Waals surface area (Å²) in [6, 6.07) is -0.709. The van der Waals surface area contributed by atoms with Crippen molar-refractivity contribution in [3.63, 3.8) is 0 Å². The number of carbonyl (C=O) groups is 3. The molecular weight excluding hydrogens is 238 g/mol. The van der Waals surface area contributed by atoms with Crippen molar-refractivity contribution in [2.45, 2.75) is 26.3 Å². The molecule has 0 spiro atoms. The van der Waals surface area contributed by atoms with Gasteiger partial charge in [0.15, 0.2) is 0 Å². The Balaban J connectivity index is 2.21. The van der Waals surface area contributed by atoms with Crippen LogP contribution in [0.4, 0.5) is 0 Å². The van der Waals surface area contributed by atoms with Gasteiger partial charge in [-0.05, 0) is 6.92 Å². The molecular formula is C10H13N5O3. The second-order valence-corrected chi connectivity index (χ2v) is 3.98. The SMILES string of the molecule is CCc1nc(C(=O)N2CC(=O)NC(=O)C2C)n[nH]1. The molecule has 0 radical (unpaired) electrons. The van der Waals surface area contributed by atoms with E-state index in [1.54, 1.807) is 6.92 Å². The number of rotatable bonds is 2. The number of H-pyrrole nitrogens is 1. The summed E-state index contributed by atoms with van der Waals surface area (Å²) in [6.45, 7) is 3.25. The molecule has 2 heterocycles. The average molecular weight is 251 g/mol. The molecule has 1 saturated heterocycles. The maximum Gasteiger partial charge on any atom is 0.294 e. The second-order valence-electron chi connectivity index (χ2n) is 3.98. The Morgan fingerprint density at radius 3 is 2.83 bits per heavy atom. The molecule has 1 aromatic heterocycles. The van der Waals surface area contributed by atoms with Gasteiger partial charge in [-0.1, -0.05) is 6.92 Å². The number of imide groups is 1. The lowest BCUT2D eigenvalue weighted by Crippen LogP contribution is -2.58. The van der Waals surface area contributed by atoms with Crippen molar-refractivity contribution in [2.24, 2.45) is 0 Å². The second kappa shape index (κ2) is 4.55. The van der Waals surface area contributed by atoms with E-state index >= 15 is 0 Å². The molecule has 0 bridgehead atoms. The number of aromatic nitrogens is 3. The van der Waals surface area contributed by atoms with Gasteiger partial charge in [0, 0.05) is 6.42 Å². The molecule has 1 fully saturated rings. The number of hydrogen-bond donors (Lipinski definition) is 2. The molecule has 0 aliphatic carbocycles. The predicted octanol–water partition coefficient (Wildman–Crippen LogP) is -1.15. The Bertz CT molecular complexity index is 509. The van der Waals surface area contributed by atoms with Crippen molar-refractivity contribution in [3.8, 4) is 0 Å². The number of aryl methyl sites for hydroxylation is 1. The Morgan fingerprint density at radius 2 is 2.22 bits per heavy atom. The maximum absolute atomic E-state index is 12.1. The lowest BCUT2D eigenvalue weighted by molar-refractivity contribution is -0.138. The minimum absolute atomic E-state index is 0.0267.